The van der Waals surface area contributed by atoms with Crippen molar-refractivity contribution in [1.29, 1.82) is 5.26 Å². The van der Waals surface area contributed by atoms with Gasteiger partial charge in [-0.1, -0.05) is 17.7 Å². The van der Waals surface area contributed by atoms with Gasteiger partial charge in [-0.3, -0.25) is 0 Å². The summed E-state index contributed by atoms with van der Waals surface area (Å²) < 4.78 is 39.4. The van der Waals surface area contributed by atoms with E-state index in [0.29, 0.717) is 0 Å². The Morgan fingerprint density at radius 3 is 2.60 bits per heavy atom. The van der Waals surface area contributed by atoms with Crippen LogP contribution in [0.25, 0.3) is 11.8 Å². The second-order valence-electron chi connectivity index (χ2n) is 4.71. The molecule has 0 aliphatic rings. The van der Waals surface area contributed by atoms with Crippen LogP contribution in [0.2, 0.25) is 5.15 Å². The molecule has 2 aromatic rings. The second kappa shape index (κ2) is 7.79. The monoisotopic (exact) mass is 361 g/mol. The summed E-state index contributed by atoms with van der Waals surface area (Å²) in [5, 5.41) is 23.4. The maximum atomic E-state index is 12.8. The van der Waals surface area contributed by atoms with E-state index < -0.39 is 23.3 Å². The van der Waals surface area contributed by atoms with Crippen molar-refractivity contribution in [3.63, 3.8) is 0 Å². The standard InChI is InChI=1S/C15H9ClF3N3O2.Li/c1-8-12(5-9(7-20)14(23)24)13(16)22(21-8)11-4-2-3-10(6-11)15(17,18)19;/h2-6H,1H3,(H,23,24);/q;+1/p-1/b9-5+;. The number of hydrogen-bond acceptors (Lipinski definition) is 4. The molecule has 124 valence electrons. The smallest absolute Gasteiger partial charge is 0.544 e. The van der Waals surface area contributed by atoms with Crippen molar-refractivity contribution < 1.29 is 41.9 Å². The van der Waals surface area contributed by atoms with Crippen LogP contribution in [0.4, 0.5) is 13.2 Å². The van der Waals surface area contributed by atoms with Crippen LogP contribution in [0, 0.1) is 18.3 Å². The Kier molecular flexibility index (Phi) is 6.50. The van der Waals surface area contributed by atoms with Crippen LogP contribution in [0.3, 0.4) is 0 Å². The molecule has 0 amide bonds. The Hall–Kier alpha value is -2.19. The Balaban J connectivity index is 0.00000312. The maximum Gasteiger partial charge on any atom is 1.00 e. The van der Waals surface area contributed by atoms with Crippen LogP contribution in [0.5, 0.6) is 0 Å². The number of halogens is 4. The number of alkyl halides is 3. The zero-order valence-electron chi connectivity index (χ0n) is 13.1. The molecular weight excluding hydrogens is 354 g/mol. The summed E-state index contributed by atoms with van der Waals surface area (Å²) in [5.74, 6) is -1.69. The van der Waals surface area contributed by atoms with Crippen LogP contribution in [-0.4, -0.2) is 15.7 Å². The third-order valence-corrected chi connectivity index (χ3v) is 3.46. The van der Waals surface area contributed by atoms with Gasteiger partial charge in [-0.15, -0.1) is 0 Å². The predicted molar refractivity (Wildman–Crippen MR) is 76.9 cm³/mol. The normalized spacial score (nSPS) is 11.6. The first kappa shape index (κ1) is 20.9. The number of carboxylic acids is 1. The van der Waals surface area contributed by atoms with Crippen LogP contribution in [0.15, 0.2) is 29.8 Å². The number of carboxylic acid groups (broad SMARTS) is 1. The zero-order valence-corrected chi connectivity index (χ0v) is 13.8. The molecule has 0 saturated carbocycles. The van der Waals surface area contributed by atoms with Crippen molar-refractivity contribution in [2.45, 2.75) is 13.1 Å². The molecular formula is C15H8ClF3LiN3O2. The molecule has 0 saturated heterocycles. The van der Waals surface area contributed by atoms with Crippen LogP contribution in [0.1, 0.15) is 16.8 Å². The molecule has 0 N–H and O–H groups in total. The molecule has 0 aliphatic heterocycles. The van der Waals surface area contributed by atoms with E-state index in [4.69, 9.17) is 16.9 Å². The van der Waals surface area contributed by atoms with E-state index in [2.05, 4.69) is 5.10 Å². The quantitative estimate of drug-likeness (QED) is 0.420. The average molecular weight is 362 g/mol. The van der Waals surface area contributed by atoms with E-state index in [0.717, 1.165) is 22.9 Å². The molecule has 5 nitrogen and oxygen atoms in total. The summed E-state index contributed by atoms with van der Waals surface area (Å²) in [6, 6.07) is 5.76. The van der Waals surface area contributed by atoms with E-state index >= 15 is 0 Å². The summed E-state index contributed by atoms with van der Waals surface area (Å²) in [6.45, 7) is 1.48. The number of aryl methyl sites for hydroxylation is 1. The summed E-state index contributed by atoms with van der Waals surface area (Å²) in [7, 11) is 0. The van der Waals surface area contributed by atoms with Crippen molar-refractivity contribution in [3.8, 4) is 11.8 Å². The fourth-order valence-electron chi connectivity index (χ4n) is 1.94. The van der Waals surface area contributed by atoms with Crippen LogP contribution in [-0.2, 0) is 11.0 Å². The molecule has 0 spiro atoms. The van der Waals surface area contributed by atoms with Crippen LogP contribution < -0.4 is 24.0 Å². The fraction of sp³-hybridized carbons (Fsp3) is 0.133. The first-order valence-corrected chi connectivity index (χ1v) is 6.79. The molecule has 0 atom stereocenters. The van der Waals surface area contributed by atoms with Crippen molar-refractivity contribution in [3.05, 3.63) is 51.8 Å². The van der Waals surface area contributed by atoms with Crippen molar-refractivity contribution >= 4 is 23.6 Å². The summed E-state index contributed by atoms with van der Waals surface area (Å²) in [6.07, 6.45) is -3.57. The minimum absolute atomic E-state index is 0. The van der Waals surface area contributed by atoms with Gasteiger partial charge in [0.15, 0.2) is 0 Å². The van der Waals surface area contributed by atoms with E-state index in [-0.39, 0.29) is 41.0 Å². The van der Waals surface area contributed by atoms with Gasteiger partial charge >= 0.3 is 25.0 Å². The molecule has 1 heterocycles. The minimum Gasteiger partial charge on any atom is -0.544 e. The van der Waals surface area contributed by atoms with Gasteiger partial charge in [0.25, 0.3) is 0 Å². The van der Waals surface area contributed by atoms with E-state index in [1.54, 1.807) is 0 Å². The van der Waals surface area contributed by atoms with Crippen LogP contribution >= 0.6 is 11.6 Å². The average Bonchev–Trinajstić information content (AvgIpc) is 2.79. The van der Waals surface area contributed by atoms with E-state index in [1.165, 1.54) is 25.1 Å². The first-order chi connectivity index (χ1) is 11.1. The van der Waals surface area contributed by atoms with Crippen molar-refractivity contribution in [1.82, 2.24) is 9.78 Å². The molecule has 0 bridgehead atoms. The van der Waals surface area contributed by atoms with Gasteiger partial charge in [-0.25, -0.2) is 4.68 Å². The van der Waals surface area contributed by atoms with Gasteiger partial charge in [0, 0.05) is 5.56 Å². The maximum absolute atomic E-state index is 12.8. The molecule has 0 fully saturated rings. The number of aromatic nitrogens is 2. The van der Waals surface area contributed by atoms with Gasteiger partial charge < -0.3 is 9.90 Å². The number of nitriles is 1. The number of rotatable bonds is 3. The Morgan fingerprint density at radius 1 is 1.44 bits per heavy atom. The molecule has 1 aromatic carbocycles. The topological polar surface area (TPSA) is 81.7 Å². The third-order valence-electron chi connectivity index (χ3n) is 3.10. The van der Waals surface area contributed by atoms with Gasteiger partial charge in [0.1, 0.15) is 11.2 Å². The molecule has 2 rings (SSSR count). The Labute approximate surface area is 157 Å². The van der Waals surface area contributed by atoms with Gasteiger partial charge in [-0.2, -0.15) is 23.5 Å². The zero-order chi connectivity index (χ0) is 18.1. The summed E-state index contributed by atoms with van der Waals surface area (Å²) >= 11 is 6.09. The van der Waals surface area contributed by atoms with E-state index in [1.807, 2.05) is 0 Å². The third kappa shape index (κ3) is 4.46. The number of benzene rings is 1. The number of carbonyl (C=O) groups is 1. The van der Waals surface area contributed by atoms with Gasteiger partial charge in [-0.05, 0) is 31.2 Å². The fourth-order valence-corrected chi connectivity index (χ4v) is 2.27. The van der Waals surface area contributed by atoms with Gasteiger partial charge in [0.2, 0.25) is 0 Å². The predicted octanol–water partition coefficient (Wildman–Crippen LogP) is -0.486. The number of aliphatic carboxylic acids is 1. The van der Waals surface area contributed by atoms with Gasteiger partial charge in [0.05, 0.1) is 28.5 Å². The molecule has 0 unspecified atom stereocenters. The van der Waals surface area contributed by atoms with Crippen molar-refractivity contribution in [2.75, 3.05) is 0 Å². The largest absolute Gasteiger partial charge is 1.00 e. The first-order valence-electron chi connectivity index (χ1n) is 6.41. The SMILES string of the molecule is Cc1nn(-c2cccc(C(F)(F)F)c2)c(Cl)c1/C=C(\C#N)C(=O)[O-].[Li+]. The van der Waals surface area contributed by atoms with Crippen molar-refractivity contribution in [2.24, 2.45) is 0 Å². The summed E-state index contributed by atoms with van der Waals surface area (Å²) in [4.78, 5) is 10.8. The summed E-state index contributed by atoms with van der Waals surface area (Å²) in [5.41, 5.74) is -1.16. The number of nitrogens with zero attached hydrogens (tertiary/aromatic N) is 3. The molecule has 0 radical (unpaired) electrons. The second-order valence-corrected chi connectivity index (χ2v) is 5.07. The molecule has 0 aliphatic carbocycles. The molecule has 25 heavy (non-hydrogen) atoms. The van der Waals surface area contributed by atoms with E-state index in [9.17, 15) is 23.1 Å². The number of hydrogen-bond donors (Lipinski definition) is 0. The molecule has 10 heteroatoms. The Bertz CT molecular complexity index is 885. The number of carbonyl (C=O) groups excluding carboxylic acids is 1. The minimum atomic E-state index is -4.53. The Morgan fingerprint density at radius 2 is 2.08 bits per heavy atom. The molecule has 1 aromatic heterocycles.